The van der Waals surface area contributed by atoms with Gasteiger partial charge in [-0.05, 0) is 74.2 Å². The van der Waals surface area contributed by atoms with Gasteiger partial charge in [0.05, 0.1) is 0 Å². The van der Waals surface area contributed by atoms with Crippen molar-refractivity contribution in [3.05, 3.63) is 18.0 Å². The number of Topliss-reactive ketones (excluding diaryl/α,β-unsaturated/α-hetero) is 1. The number of carbonyl (C=O) groups is 1. The molecule has 2 saturated carbocycles. The summed E-state index contributed by atoms with van der Waals surface area (Å²) in [6.07, 6.45) is 12.6. The van der Waals surface area contributed by atoms with Crippen LogP contribution in [0.5, 0.6) is 0 Å². The van der Waals surface area contributed by atoms with Gasteiger partial charge in [-0.1, -0.05) is 20.3 Å². The molecule has 26 heavy (non-hydrogen) atoms. The molecular weight excluding hydrogens is 322 g/mol. The number of nitrogens with zero attached hydrogens (tertiary/aromatic N) is 3. The average Bonchev–Trinajstić information content (AvgIpc) is 2.59. The second-order valence-corrected chi connectivity index (χ2v) is 9.35. The van der Waals surface area contributed by atoms with Crippen molar-refractivity contribution < 1.29 is 4.79 Å². The molecule has 3 fully saturated rings. The van der Waals surface area contributed by atoms with Crippen molar-refractivity contribution in [2.24, 2.45) is 23.2 Å². The molecule has 142 valence electrons. The van der Waals surface area contributed by atoms with Crippen LogP contribution in [0.15, 0.2) is 12.4 Å². The topological polar surface area (TPSA) is 46.1 Å². The number of anilines is 1. The minimum atomic E-state index is 0.341. The molecule has 0 aromatic carbocycles. The summed E-state index contributed by atoms with van der Waals surface area (Å²) < 4.78 is 0. The van der Waals surface area contributed by atoms with Gasteiger partial charge >= 0.3 is 0 Å². The zero-order valence-corrected chi connectivity index (χ0v) is 16.6. The molecule has 4 nitrogen and oxygen atoms in total. The van der Waals surface area contributed by atoms with Gasteiger partial charge in [-0.15, -0.1) is 0 Å². The van der Waals surface area contributed by atoms with Crippen LogP contribution < -0.4 is 4.90 Å². The highest BCUT2D eigenvalue weighted by Crippen LogP contribution is 2.64. The predicted octanol–water partition coefficient (Wildman–Crippen LogP) is 4.60. The third-order valence-corrected chi connectivity index (χ3v) is 7.69. The minimum Gasteiger partial charge on any atom is -0.341 e. The van der Waals surface area contributed by atoms with Gasteiger partial charge in [0.2, 0.25) is 5.95 Å². The quantitative estimate of drug-likeness (QED) is 0.774. The Morgan fingerprint density at radius 1 is 1.19 bits per heavy atom. The smallest absolute Gasteiger partial charge is 0.225 e. The second kappa shape index (κ2) is 6.94. The van der Waals surface area contributed by atoms with E-state index in [4.69, 9.17) is 9.97 Å². The van der Waals surface area contributed by atoms with Crippen LogP contribution in [0.2, 0.25) is 0 Å². The summed E-state index contributed by atoms with van der Waals surface area (Å²) in [4.78, 5) is 23.2. The van der Waals surface area contributed by atoms with Crippen LogP contribution in [-0.4, -0.2) is 28.8 Å². The molecule has 1 aromatic rings. The van der Waals surface area contributed by atoms with E-state index in [1.165, 1.54) is 37.7 Å². The van der Waals surface area contributed by atoms with E-state index in [1.807, 2.05) is 0 Å². The van der Waals surface area contributed by atoms with E-state index in [2.05, 4.69) is 31.1 Å². The van der Waals surface area contributed by atoms with Crippen LogP contribution in [0.1, 0.15) is 77.2 Å². The van der Waals surface area contributed by atoms with Gasteiger partial charge in [0, 0.05) is 31.4 Å². The van der Waals surface area contributed by atoms with E-state index in [-0.39, 0.29) is 0 Å². The first-order valence-corrected chi connectivity index (χ1v) is 10.6. The summed E-state index contributed by atoms with van der Waals surface area (Å²) in [5.74, 6) is 3.93. The fourth-order valence-corrected chi connectivity index (χ4v) is 5.53. The Labute approximate surface area is 157 Å². The van der Waals surface area contributed by atoms with E-state index in [1.54, 1.807) is 6.92 Å². The molecular formula is C22H33N3O. The Morgan fingerprint density at radius 2 is 1.81 bits per heavy atom. The molecule has 1 aromatic heterocycles. The fraction of sp³-hybridized carbons (Fsp3) is 0.773. The van der Waals surface area contributed by atoms with Gasteiger partial charge in [-0.25, -0.2) is 9.97 Å². The maximum atomic E-state index is 11.4. The van der Waals surface area contributed by atoms with Crippen molar-refractivity contribution in [1.82, 2.24) is 9.97 Å². The summed E-state index contributed by atoms with van der Waals surface area (Å²) >= 11 is 0. The van der Waals surface area contributed by atoms with E-state index in [9.17, 15) is 4.79 Å². The molecule has 4 heteroatoms. The van der Waals surface area contributed by atoms with Crippen LogP contribution in [0, 0.1) is 23.2 Å². The molecule has 1 aliphatic heterocycles. The van der Waals surface area contributed by atoms with E-state index in [0.717, 1.165) is 43.7 Å². The molecule has 1 unspecified atom stereocenters. The Hall–Kier alpha value is -1.45. The van der Waals surface area contributed by atoms with E-state index in [0.29, 0.717) is 23.0 Å². The number of hydrogen-bond donors (Lipinski definition) is 0. The third kappa shape index (κ3) is 3.27. The van der Waals surface area contributed by atoms with Crippen LogP contribution in [0.4, 0.5) is 5.95 Å². The Kier molecular flexibility index (Phi) is 4.79. The van der Waals surface area contributed by atoms with Crippen molar-refractivity contribution in [3.8, 4) is 0 Å². The van der Waals surface area contributed by atoms with E-state index >= 15 is 0 Å². The molecule has 3 aliphatic rings. The molecule has 4 rings (SSSR count). The lowest BCUT2D eigenvalue weighted by Gasteiger charge is -2.57. The number of piperidine rings is 1. The summed E-state index contributed by atoms with van der Waals surface area (Å²) in [6, 6.07) is 0. The summed E-state index contributed by atoms with van der Waals surface area (Å²) in [7, 11) is 0. The zero-order valence-electron chi connectivity index (χ0n) is 16.6. The van der Waals surface area contributed by atoms with Gasteiger partial charge in [-0.2, -0.15) is 0 Å². The zero-order chi connectivity index (χ0) is 18.3. The van der Waals surface area contributed by atoms with Crippen LogP contribution in [0.25, 0.3) is 0 Å². The maximum absolute atomic E-state index is 11.4. The molecule has 2 aliphatic carbocycles. The van der Waals surface area contributed by atoms with Gasteiger partial charge in [0.1, 0.15) is 5.78 Å². The van der Waals surface area contributed by atoms with E-state index < -0.39 is 0 Å². The van der Waals surface area contributed by atoms with Gasteiger partial charge in [0.15, 0.2) is 0 Å². The Bertz CT molecular complexity index is 634. The second-order valence-electron chi connectivity index (χ2n) is 9.35. The molecule has 1 saturated heterocycles. The minimum absolute atomic E-state index is 0.341. The molecule has 0 amide bonds. The molecule has 1 atom stereocenters. The predicted molar refractivity (Wildman–Crippen MR) is 104 cm³/mol. The van der Waals surface area contributed by atoms with Crippen LogP contribution in [0.3, 0.4) is 0 Å². The normalized spacial score (nSPS) is 32.8. The Balaban J connectivity index is 1.28. The molecule has 0 bridgehead atoms. The van der Waals surface area contributed by atoms with Crippen molar-refractivity contribution in [1.29, 1.82) is 0 Å². The summed E-state index contributed by atoms with van der Waals surface area (Å²) in [6.45, 7) is 8.61. The standard InChI is InChI=1S/C22H33N3O/c1-4-15(2)17-5-7-25(8-6-17)21-23-13-20(14-24-21)19-11-22(12-19)9-18(10-22)16(3)26/h13-15,17-19H,4-12H2,1-3H3. The first-order chi connectivity index (χ1) is 12.5. The molecule has 0 radical (unpaired) electrons. The van der Waals surface area contributed by atoms with Crippen molar-refractivity contribution in [3.63, 3.8) is 0 Å². The monoisotopic (exact) mass is 355 g/mol. The molecule has 2 heterocycles. The third-order valence-electron chi connectivity index (χ3n) is 7.69. The first kappa shape index (κ1) is 17.9. The SMILES string of the molecule is CCC(C)C1CCN(c2ncc(C3CC4(CC(C(C)=O)C4)C3)cn2)CC1. The number of carbonyl (C=O) groups excluding carboxylic acids is 1. The lowest BCUT2D eigenvalue weighted by Crippen LogP contribution is -2.48. The highest BCUT2D eigenvalue weighted by Gasteiger charge is 2.54. The highest BCUT2D eigenvalue weighted by atomic mass is 16.1. The number of rotatable bonds is 5. The van der Waals surface area contributed by atoms with Crippen molar-refractivity contribution in [2.75, 3.05) is 18.0 Å². The summed E-state index contributed by atoms with van der Waals surface area (Å²) in [5, 5.41) is 0. The Morgan fingerprint density at radius 3 is 2.35 bits per heavy atom. The number of aromatic nitrogens is 2. The maximum Gasteiger partial charge on any atom is 0.225 e. The van der Waals surface area contributed by atoms with Gasteiger partial charge in [-0.3, -0.25) is 4.79 Å². The fourth-order valence-electron chi connectivity index (χ4n) is 5.53. The van der Waals surface area contributed by atoms with Crippen molar-refractivity contribution in [2.45, 2.75) is 71.6 Å². The van der Waals surface area contributed by atoms with Gasteiger partial charge in [0.25, 0.3) is 0 Å². The largest absolute Gasteiger partial charge is 0.341 e. The first-order valence-electron chi connectivity index (χ1n) is 10.6. The highest BCUT2D eigenvalue weighted by molar-refractivity contribution is 5.79. The van der Waals surface area contributed by atoms with Crippen molar-refractivity contribution >= 4 is 11.7 Å². The lowest BCUT2D eigenvalue weighted by molar-refractivity contribution is -0.133. The number of ketones is 1. The average molecular weight is 356 g/mol. The van der Waals surface area contributed by atoms with Crippen LogP contribution >= 0.6 is 0 Å². The summed E-state index contributed by atoms with van der Waals surface area (Å²) in [5.41, 5.74) is 1.76. The van der Waals surface area contributed by atoms with Gasteiger partial charge < -0.3 is 4.90 Å². The number of hydrogen-bond acceptors (Lipinski definition) is 4. The molecule has 1 spiro atoms. The lowest BCUT2D eigenvalue weighted by atomic mass is 9.47. The molecule has 0 N–H and O–H groups in total. The van der Waals surface area contributed by atoms with Crippen LogP contribution in [-0.2, 0) is 4.79 Å².